The molecule has 2 rings (SSSR count). The van der Waals surface area contributed by atoms with Crippen LogP contribution in [0.2, 0.25) is 5.02 Å². The predicted molar refractivity (Wildman–Crippen MR) is 84.5 cm³/mol. The van der Waals surface area contributed by atoms with E-state index >= 15 is 0 Å². The van der Waals surface area contributed by atoms with Crippen LogP contribution in [0.1, 0.15) is 5.56 Å². The van der Waals surface area contributed by atoms with Crippen LogP contribution in [0.25, 0.3) is 0 Å². The van der Waals surface area contributed by atoms with Crippen molar-refractivity contribution in [2.75, 3.05) is 10.1 Å². The quantitative estimate of drug-likeness (QED) is 0.544. The Labute approximate surface area is 135 Å². The van der Waals surface area contributed by atoms with E-state index in [0.29, 0.717) is 15.2 Å². The molecular formula is C11H11BrClN5O2S. The number of aromatic nitrogens is 2. The molecule has 2 aromatic rings. The van der Waals surface area contributed by atoms with Crippen molar-refractivity contribution in [3.63, 3.8) is 0 Å². The van der Waals surface area contributed by atoms with Crippen LogP contribution in [0.15, 0.2) is 33.9 Å². The van der Waals surface area contributed by atoms with Crippen LogP contribution >= 0.6 is 27.5 Å². The molecule has 0 saturated carbocycles. The fourth-order valence-corrected chi connectivity index (χ4v) is 3.27. The molecule has 0 bridgehead atoms. The molecule has 0 aliphatic heterocycles. The average molecular weight is 393 g/mol. The summed E-state index contributed by atoms with van der Waals surface area (Å²) in [6, 6.07) is 3.24. The van der Waals surface area contributed by atoms with Crippen molar-refractivity contribution in [2.45, 2.75) is 11.8 Å². The summed E-state index contributed by atoms with van der Waals surface area (Å²) in [7, 11) is -3.82. The number of rotatable bonds is 4. The highest BCUT2D eigenvalue weighted by atomic mass is 79.9. The van der Waals surface area contributed by atoms with Crippen LogP contribution in [0.4, 0.5) is 11.6 Å². The number of hydrogen-bond donors (Lipinski definition) is 3. The van der Waals surface area contributed by atoms with Crippen molar-refractivity contribution in [3.05, 3.63) is 39.6 Å². The molecule has 21 heavy (non-hydrogen) atoms. The van der Waals surface area contributed by atoms with Crippen LogP contribution in [-0.2, 0) is 10.0 Å². The maximum absolute atomic E-state index is 12.2. The Morgan fingerprint density at radius 2 is 1.90 bits per heavy atom. The summed E-state index contributed by atoms with van der Waals surface area (Å²) in [5.41, 5.74) is 3.37. The average Bonchev–Trinajstić information content (AvgIpc) is 2.44. The molecule has 1 aromatic heterocycles. The van der Waals surface area contributed by atoms with Gasteiger partial charge in [0.2, 0.25) is 5.95 Å². The van der Waals surface area contributed by atoms with E-state index in [1.165, 1.54) is 6.07 Å². The number of halogens is 2. The molecule has 0 aliphatic rings. The van der Waals surface area contributed by atoms with E-state index in [4.69, 9.17) is 17.4 Å². The minimum Gasteiger partial charge on any atom is -0.292 e. The lowest BCUT2D eigenvalue weighted by atomic mass is 10.2. The number of hydrogen-bond acceptors (Lipinski definition) is 6. The van der Waals surface area contributed by atoms with Gasteiger partial charge in [0.05, 0.1) is 18.1 Å². The number of sulfonamides is 1. The summed E-state index contributed by atoms with van der Waals surface area (Å²) in [5, 5.41) is 0.454. The van der Waals surface area contributed by atoms with Gasteiger partial charge < -0.3 is 0 Å². The van der Waals surface area contributed by atoms with Crippen LogP contribution in [0.5, 0.6) is 0 Å². The topological polar surface area (TPSA) is 110 Å². The number of nitrogens with zero attached hydrogens (tertiary/aromatic N) is 2. The lowest BCUT2D eigenvalue weighted by Gasteiger charge is -2.11. The molecule has 0 amide bonds. The zero-order valence-corrected chi connectivity index (χ0v) is 13.9. The molecule has 112 valence electrons. The summed E-state index contributed by atoms with van der Waals surface area (Å²) in [6.07, 6.45) is 2.29. The molecule has 0 fully saturated rings. The number of nitrogen functional groups attached to an aromatic ring is 1. The zero-order valence-electron chi connectivity index (χ0n) is 10.8. The van der Waals surface area contributed by atoms with Crippen LogP contribution in [0, 0.1) is 6.92 Å². The molecule has 0 radical (unpaired) electrons. The van der Waals surface area contributed by atoms with Gasteiger partial charge in [-0.3, -0.25) is 10.1 Å². The Balaban J connectivity index is 2.34. The predicted octanol–water partition coefficient (Wildman–Crippen LogP) is 2.29. The monoisotopic (exact) mass is 391 g/mol. The highest BCUT2D eigenvalue weighted by Gasteiger charge is 2.17. The summed E-state index contributed by atoms with van der Waals surface area (Å²) in [6.45, 7) is 1.82. The number of benzene rings is 1. The largest absolute Gasteiger partial charge is 0.292 e. The van der Waals surface area contributed by atoms with Gasteiger partial charge in [0.15, 0.2) is 0 Å². The molecule has 1 heterocycles. The van der Waals surface area contributed by atoms with E-state index < -0.39 is 10.0 Å². The molecule has 0 aliphatic carbocycles. The summed E-state index contributed by atoms with van der Waals surface area (Å²) in [4.78, 5) is 7.42. The molecular weight excluding hydrogens is 382 g/mol. The molecule has 0 atom stereocenters. The highest BCUT2D eigenvalue weighted by molar-refractivity contribution is 9.10. The van der Waals surface area contributed by atoms with Gasteiger partial charge in [-0.05, 0) is 40.5 Å². The lowest BCUT2D eigenvalue weighted by Crippen LogP contribution is -2.16. The standard InChI is InChI=1S/C11H11BrClN5O2S/c1-6-2-8(12)10(3-9(6)13)18-21(19,20)7-4-15-11(17-14)16-5-7/h2-5,18H,14H2,1H3,(H,15,16,17). The smallest absolute Gasteiger partial charge is 0.265 e. The summed E-state index contributed by atoms with van der Waals surface area (Å²) < 4.78 is 27.5. The van der Waals surface area contributed by atoms with Crippen molar-refractivity contribution in [3.8, 4) is 0 Å². The minimum atomic E-state index is -3.82. The van der Waals surface area contributed by atoms with Crippen molar-refractivity contribution in [1.29, 1.82) is 0 Å². The summed E-state index contributed by atoms with van der Waals surface area (Å²) in [5.74, 6) is 5.24. The molecule has 1 aromatic carbocycles. The van der Waals surface area contributed by atoms with E-state index in [0.717, 1.165) is 18.0 Å². The van der Waals surface area contributed by atoms with Gasteiger partial charge in [0, 0.05) is 9.50 Å². The third kappa shape index (κ3) is 3.62. The second-order valence-corrected chi connectivity index (χ2v) is 7.02. The Bertz CT molecular complexity index is 767. The maximum atomic E-state index is 12.2. The van der Waals surface area contributed by atoms with Crippen molar-refractivity contribution in [2.24, 2.45) is 5.84 Å². The molecule has 0 spiro atoms. The SMILES string of the molecule is Cc1cc(Br)c(NS(=O)(=O)c2cnc(NN)nc2)cc1Cl. The molecule has 0 unspecified atom stereocenters. The van der Waals surface area contributed by atoms with Gasteiger partial charge in [-0.1, -0.05) is 11.6 Å². The number of aryl methyl sites for hydroxylation is 1. The number of nitrogens with two attached hydrogens (primary N) is 1. The van der Waals surface area contributed by atoms with Crippen LogP contribution < -0.4 is 16.0 Å². The van der Waals surface area contributed by atoms with E-state index in [-0.39, 0.29) is 10.8 Å². The normalized spacial score (nSPS) is 11.2. The van der Waals surface area contributed by atoms with Crippen LogP contribution in [-0.4, -0.2) is 18.4 Å². The first kappa shape index (κ1) is 16.0. The molecule has 4 N–H and O–H groups in total. The van der Waals surface area contributed by atoms with Gasteiger partial charge in [0.1, 0.15) is 4.90 Å². The van der Waals surface area contributed by atoms with Gasteiger partial charge in [0.25, 0.3) is 10.0 Å². The first-order chi connectivity index (χ1) is 9.83. The molecule has 10 heteroatoms. The Hall–Kier alpha value is -1.42. The Morgan fingerprint density at radius 1 is 1.29 bits per heavy atom. The number of hydrazine groups is 1. The van der Waals surface area contributed by atoms with E-state index in [9.17, 15) is 8.42 Å². The van der Waals surface area contributed by atoms with Crippen molar-refractivity contribution in [1.82, 2.24) is 9.97 Å². The fraction of sp³-hybridized carbons (Fsp3) is 0.0909. The lowest BCUT2D eigenvalue weighted by molar-refractivity contribution is 0.600. The second kappa shape index (κ2) is 6.14. The Kier molecular flexibility index (Phi) is 4.67. The second-order valence-electron chi connectivity index (χ2n) is 4.07. The van der Waals surface area contributed by atoms with Crippen LogP contribution in [0.3, 0.4) is 0 Å². The Morgan fingerprint density at radius 3 is 2.48 bits per heavy atom. The van der Waals surface area contributed by atoms with E-state index in [1.807, 2.05) is 6.92 Å². The highest BCUT2D eigenvalue weighted by Crippen LogP contribution is 2.30. The summed E-state index contributed by atoms with van der Waals surface area (Å²) >= 11 is 9.28. The van der Waals surface area contributed by atoms with Gasteiger partial charge in [-0.2, -0.15) is 0 Å². The van der Waals surface area contributed by atoms with Crippen molar-refractivity contribution >= 4 is 49.2 Å². The van der Waals surface area contributed by atoms with Gasteiger partial charge in [-0.25, -0.2) is 24.2 Å². The molecule has 0 saturated heterocycles. The molecule has 7 nitrogen and oxygen atoms in total. The van der Waals surface area contributed by atoms with Crippen molar-refractivity contribution < 1.29 is 8.42 Å². The number of anilines is 2. The first-order valence-electron chi connectivity index (χ1n) is 5.60. The van der Waals surface area contributed by atoms with Gasteiger partial charge >= 0.3 is 0 Å². The van der Waals surface area contributed by atoms with E-state index in [2.05, 4.69) is 36.0 Å². The first-order valence-corrected chi connectivity index (χ1v) is 8.26. The zero-order chi connectivity index (χ0) is 15.6. The minimum absolute atomic E-state index is 0.0925. The third-order valence-corrected chi connectivity index (χ3v) is 4.94. The van der Waals surface area contributed by atoms with E-state index in [1.54, 1.807) is 6.07 Å². The number of nitrogens with one attached hydrogen (secondary N) is 2. The maximum Gasteiger partial charge on any atom is 0.265 e. The van der Waals surface area contributed by atoms with Gasteiger partial charge in [-0.15, -0.1) is 0 Å². The fourth-order valence-electron chi connectivity index (χ4n) is 1.46. The third-order valence-electron chi connectivity index (χ3n) is 2.56.